The van der Waals surface area contributed by atoms with E-state index in [-0.39, 0.29) is 11.9 Å². The van der Waals surface area contributed by atoms with Crippen molar-refractivity contribution in [3.8, 4) is 11.3 Å². The zero-order chi connectivity index (χ0) is 16.5. The first-order chi connectivity index (χ1) is 11.8. The van der Waals surface area contributed by atoms with Gasteiger partial charge in [-0.05, 0) is 13.0 Å². The Bertz CT molecular complexity index is 874. The number of benzene rings is 1. The van der Waals surface area contributed by atoms with Crippen LogP contribution in [0.25, 0.3) is 16.9 Å². The van der Waals surface area contributed by atoms with Gasteiger partial charge in [0.05, 0.1) is 11.9 Å². The van der Waals surface area contributed by atoms with Crippen LogP contribution in [0, 0.1) is 0 Å². The molecule has 1 N–H and O–H groups in total. The summed E-state index contributed by atoms with van der Waals surface area (Å²) < 4.78 is 1.75. The van der Waals surface area contributed by atoms with Crippen molar-refractivity contribution in [3.63, 3.8) is 0 Å². The standard InChI is InChI=1S/C18H19N5O/c1-13-11-19-9-10-22(13)18(24)15-12-21-23-16(7-8-20-17(15)23)14-5-3-2-4-6-14/h2-8,12-13,19H,9-11H2,1H3/t13-/m0/s1. The summed E-state index contributed by atoms with van der Waals surface area (Å²) in [6, 6.07) is 12.1. The van der Waals surface area contributed by atoms with E-state index in [0.717, 1.165) is 24.3 Å². The molecule has 1 saturated heterocycles. The quantitative estimate of drug-likeness (QED) is 0.782. The number of nitrogens with zero attached hydrogens (tertiary/aromatic N) is 4. The van der Waals surface area contributed by atoms with Gasteiger partial charge in [-0.3, -0.25) is 4.79 Å². The third kappa shape index (κ3) is 2.45. The van der Waals surface area contributed by atoms with Crippen LogP contribution < -0.4 is 5.32 Å². The fourth-order valence-electron chi connectivity index (χ4n) is 3.17. The zero-order valence-corrected chi connectivity index (χ0v) is 13.5. The number of fused-ring (bicyclic) bond motifs is 1. The minimum atomic E-state index is -0.00304. The first-order valence-electron chi connectivity index (χ1n) is 8.15. The smallest absolute Gasteiger partial charge is 0.259 e. The second-order valence-corrected chi connectivity index (χ2v) is 6.04. The minimum Gasteiger partial charge on any atom is -0.333 e. The molecule has 24 heavy (non-hydrogen) atoms. The highest BCUT2D eigenvalue weighted by Crippen LogP contribution is 2.22. The molecule has 4 rings (SSSR count). The van der Waals surface area contributed by atoms with Gasteiger partial charge in [-0.2, -0.15) is 5.10 Å². The van der Waals surface area contributed by atoms with Crippen molar-refractivity contribution in [2.45, 2.75) is 13.0 Å². The number of hydrogen-bond acceptors (Lipinski definition) is 4. The van der Waals surface area contributed by atoms with Gasteiger partial charge in [-0.1, -0.05) is 30.3 Å². The lowest BCUT2D eigenvalue weighted by atomic mass is 10.1. The van der Waals surface area contributed by atoms with E-state index in [1.807, 2.05) is 41.3 Å². The van der Waals surface area contributed by atoms with E-state index in [1.54, 1.807) is 16.9 Å². The van der Waals surface area contributed by atoms with Gasteiger partial charge in [-0.15, -0.1) is 0 Å². The number of hydrogen-bond donors (Lipinski definition) is 1. The van der Waals surface area contributed by atoms with Gasteiger partial charge < -0.3 is 10.2 Å². The Morgan fingerprint density at radius 3 is 2.88 bits per heavy atom. The maximum atomic E-state index is 12.9. The molecule has 2 aromatic heterocycles. The van der Waals surface area contributed by atoms with Crippen molar-refractivity contribution in [2.24, 2.45) is 0 Å². The van der Waals surface area contributed by atoms with Crippen LogP contribution in [0.2, 0.25) is 0 Å². The largest absolute Gasteiger partial charge is 0.333 e. The van der Waals surface area contributed by atoms with Crippen molar-refractivity contribution < 1.29 is 4.79 Å². The molecule has 1 aliphatic rings. The molecule has 1 atom stereocenters. The van der Waals surface area contributed by atoms with Crippen LogP contribution in [0.1, 0.15) is 17.3 Å². The van der Waals surface area contributed by atoms with Gasteiger partial charge in [0.25, 0.3) is 5.91 Å². The van der Waals surface area contributed by atoms with Gasteiger partial charge >= 0.3 is 0 Å². The van der Waals surface area contributed by atoms with E-state index in [1.165, 1.54) is 0 Å². The Kier molecular flexibility index (Phi) is 3.74. The average Bonchev–Trinajstić information content (AvgIpc) is 3.06. The fourth-order valence-corrected chi connectivity index (χ4v) is 3.17. The van der Waals surface area contributed by atoms with Crippen molar-refractivity contribution in [1.82, 2.24) is 24.8 Å². The molecule has 1 amide bonds. The molecule has 1 fully saturated rings. The van der Waals surface area contributed by atoms with Crippen LogP contribution in [-0.2, 0) is 0 Å². The van der Waals surface area contributed by atoms with E-state index in [9.17, 15) is 4.79 Å². The van der Waals surface area contributed by atoms with Gasteiger partial charge in [0.2, 0.25) is 0 Å². The SMILES string of the molecule is C[C@H]1CNCCN1C(=O)c1cnn2c(-c3ccccc3)ccnc12. The van der Waals surface area contributed by atoms with Gasteiger partial charge in [-0.25, -0.2) is 9.50 Å². The topological polar surface area (TPSA) is 62.5 Å². The molecule has 0 unspecified atom stereocenters. The van der Waals surface area contributed by atoms with Crippen LogP contribution >= 0.6 is 0 Å². The number of carbonyl (C=O) groups is 1. The Morgan fingerprint density at radius 2 is 2.08 bits per heavy atom. The number of amides is 1. The molecule has 0 aliphatic carbocycles. The van der Waals surface area contributed by atoms with E-state index < -0.39 is 0 Å². The zero-order valence-electron chi connectivity index (χ0n) is 13.5. The van der Waals surface area contributed by atoms with Crippen LogP contribution in [-0.4, -0.2) is 51.1 Å². The molecule has 6 nitrogen and oxygen atoms in total. The molecule has 0 radical (unpaired) electrons. The van der Waals surface area contributed by atoms with Crippen molar-refractivity contribution in [3.05, 3.63) is 54.4 Å². The fraction of sp³-hybridized carbons (Fsp3) is 0.278. The maximum Gasteiger partial charge on any atom is 0.259 e. The van der Waals surface area contributed by atoms with Gasteiger partial charge in [0.1, 0.15) is 5.56 Å². The third-order valence-electron chi connectivity index (χ3n) is 4.46. The highest BCUT2D eigenvalue weighted by atomic mass is 16.2. The summed E-state index contributed by atoms with van der Waals surface area (Å²) in [5, 5.41) is 7.73. The molecular formula is C18H19N5O. The van der Waals surface area contributed by atoms with Crippen LogP contribution in [0.3, 0.4) is 0 Å². The van der Waals surface area contributed by atoms with E-state index >= 15 is 0 Å². The lowest BCUT2D eigenvalue weighted by molar-refractivity contribution is 0.0657. The Hall–Kier alpha value is -2.73. The molecule has 3 heterocycles. The van der Waals surface area contributed by atoms with E-state index in [2.05, 4.69) is 22.3 Å². The van der Waals surface area contributed by atoms with Crippen molar-refractivity contribution in [2.75, 3.05) is 19.6 Å². The first-order valence-corrected chi connectivity index (χ1v) is 8.15. The molecular weight excluding hydrogens is 302 g/mol. The van der Waals surface area contributed by atoms with Crippen LogP contribution in [0.5, 0.6) is 0 Å². The number of nitrogens with one attached hydrogen (secondary N) is 1. The molecule has 1 aromatic carbocycles. The predicted molar refractivity (Wildman–Crippen MR) is 91.8 cm³/mol. The second-order valence-electron chi connectivity index (χ2n) is 6.04. The molecule has 1 aliphatic heterocycles. The molecule has 0 saturated carbocycles. The number of rotatable bonds is 2. The summed E-state index contributed by atoms with van der Waals surface area (Å²) in [7, 11) is 0. The van der Waals surface area contributed by atoms with E-state index in [0.29, 0.717) is 17.8 Å². The van der Waals surface area contributed by atoms with Crippen molar-refractivity contribution >= 4 is 11.6 Å². The molecule has 122 valence electrons. The number of aromatic nitrogens is 3. The number of piperazine rings is 1. The summed E-state index contributed by atoms with van der Waals surface area (Å²) in [6.07, 6.45) is 3.36. The molecule has 3 aromatic rings. The highest BCUT2D eigenvalue weighted by Gasteiger charge is 2.27. The molecule has 6 heteroatoms. The molecule has 0 bridgehead atoms. The summed E-state index contributed by atoms with van der Waals surface area (Å²) in [5.41, 5.74) is 3.13. The minimum absolute atomic E-state index is 0.00304. The first kappa shape index (κ1) is 14.8. The van der Waals surface area contributed by atoms with Gasteiger partial charge in [0.15, 0.2) is 5.65 Å². The summed E-state index contributed by atoms with van der Waals surface area (Å²) >= 11 is 0. The van der Waals surface area contributed by atoms with Crippen LogP contribution in [0.15, 0.2) is 48.8 Å². The Morgan fingerprint density at radius 1 is 1.25 bits per heavy atom. The predicted octanol–water partition coefficient (Wildman–Crippen LogP) is 1.83. The highest BCUT2D eigenvalue weighted by molar-refractivity contribution is 6.00. The Balaban J connectivity index is 1.77. The van der Waals surface area contributed by atoms with E-state index in [4.69, 9.17) is 0 Å². The molecule has 0 spiro atoms. The average molecular weight is 321 g/mol. The normalized spacial score (nSPS) is 18.0. The maximum absolute atomic E-state index is 12.9. The summed E-state index contributed by atoms with van der Waals surface area (Å²) in [5.74, 6) is -0.00304. The third-order valence-corrected chi connectivity index (χ3v) is 4.46. The lowest BCUT2D eigenvalue weighted by Crippen LogP contribution is -2.52. The summed E-state index contributed by atoms with van der Waals surface area (Å²) in [6.45, 7) is 4.39. The second kappa shape index (κ2) is 6.05. The monoisotopic (exact) mass is 321 g/mol. The van der Waals surface area contributed by atoms with Gasteiger partial charge in [0, 0.05) is 37.4 Å². The van der Waals surface area contributed by atoms with Crippen molar-refractivity contribution in [1.29, 1.82) is 0 Å². The lowest BCUT2D eigenvalue weighted by Gasteiger charge is -2.33. The Labute approximate surface area is 140 Å². The van der Waals surface area contributed by atoms with Crippen LogP contribution in [0.4, 0.5) is 0 Å². The number of carbonyl (C=O) groups excluding carboxylic acids is 1. The summed E-state index contributed by atoms with van der Waals surface area (Å²) in [4.78, 5) is 19.2.